The fourth-order valence-corrected chi connectivity index (χ4v) is 1.81. The van der Waals surface area contributed by atoms with E-state index in [9.17, 15) is 0 Å². The second-order valence-electron chi connectivity index (χ2n) is 3.31. The fraction of sp³-hybridized carbons (Fsp3) is 0.167. The van der Waals surface area contributed by atoms with E-state index in [4.69, 9.17) is 5.73 Å². The lowest BCUT2D eigenvalue weighted by molar-refractivity contribution is 0.973. The summed E-state index contributed by atoms with van der Waals surface area (Å²) in [6, 6.07) is 8.26. The average Bonchev–Trinajstić information content (AvgIpc) is 2.58. The number of hydrogen-bond donors (Lipinski definition) is 2. The van der Waals surface area contributed by atoms with Crippen molar-refractivity contribution in [3.8, 4) is 0 Å². The molecule has 0 aliphatic rings. The van der Waals surface area contributed by atoms with E-state index in [1.165, 1.54) is 10.9 Å². The molecule has 0 aliphatic carbocycles. The van der Waals surface area contributed by atoms with Crippen molar-refractivity contribution in [3.05, 3.63) is 42.1 Å². The number of nitrogens with two attached hydrogens (primary N) is 1. The summed E-state index contributed by atoms with van der Waals surface area (Å²) in [4.78, 5) is 3.33. The number of para-hydroxylation sites is 1. The lowest BCUT2D eigenvalue weighted by Crippen LogP contribution is -2.03. The summed E-state index contributed by atoms with van der Waals surface area (Å²) in [6.07, 6.45) is 2.75. The highest BCUT2D eigenvalue weighted by Gasteiger charge is 2.06. The van der Waals surface area contributed by atoms with Gasteiger partial charge in [0.2, 0.25) is 0 Å². The maximum atomic E-state index is 5.59. The third kappa shape index (κ3) is 1.34. The van der Waals surface area contributed by atoms with Crippen LogP contribution in [0.5, 0.6) is 0 Å². The van der Waals surface area contributed by atoms with Crippen LogP contribution in [-0.4, -0.2) is 11.5 Å². The summed E-state index contributed by atoms with van der Waals surface area (Å²) in [6.45, 7) is 4.47. The number of fused-ring (bicyclic) bond motifs is 1. The van der Waals surface area contributed by atoms with Gasteiger partial charge in [-0.15, -0.1) is 0 Å². The molecule has 72 valence electrons. The zero-order chi connectivity index (χ0) is 9.97. The van der Waals surface area contributed by atoms with Gasteiger partial charge in [0, 0.05) is 16.6 Å². The van der Waals surface area contributed by atoms with Crippen molar-refractivity contribution in [1.82, 2.24) is 4.98 Å². The Bertz CT molecular complexity index is 454. The summed E-state index contributed by atoms with van der Waals surface area (Å²) in [5.74, 6) is 0. The van der Waals surface area contributed by atoms with E-state index in [1.807, 2.05) is 18.2 Å². The molecule has 3 N–H and O–H groups in total. The first-order valence-electron chi connectivity index (χ1n) is 4.79. The number of nitrogens with one attached hydrogen (secondary N) is 1. The molecule has 0 atom stereocenters. The van der Waals surface area contributed by atoms with E-state index in [-0.39, 0.29) is 0 Å². The number of rotatable bonds is 3. The molecule has 0 saturated carbocycles. The maximum Gasteiger partial charge on any atom is 0.0461 e. The maximum absolute atomic E-state index is 5.59. The highest BCUT2D eigenvalue weighted by Crippen LogP contribution is 2.23. The van der Waals surface area contributed by atoms with Gasteiger partial charge in [-0.1, -0.05) is 24.8 Å². The first kappa shape index (κ1) is 9.03. The van der Waals surface area contributed by atoms with Crippen molar-refractivity contribution in [3.63, 3.8) is 0 Å². The Morgan fingerprint density at radius 1 is 1.36 bits per heavy atom. The molecule has 0 amide bonds. The monoisotopic (exact) mass is 186 g/mol. The van der Waals surface area contributed by atoms with Gasteiger partial charge in [0.1, 0.15) is 0 Å². The molecule has 0 aliphatic heterocycles. The molecule has 2 rings (SSSR count). The second-order valence-corrected chi connectivity index (χ2v) is 3.31. The van der Waals surface area contributed by atoms with Crippen molar-refractivity contribution in [2.24, 2.45) is 5.73 Å². The Balaban J connectivity index is 2.67. The Morgan fingerprint density at radius 2 is 2.14 bits per heavy atom. The molecule has 0 bridgehead atoms. The molecule has 0 radical (unpaired) electrons. The third-order valence-electron chi connectivity index (χ3n) is 2.45. The molecule has 1 heterocycles. The van der Waals surface area contributed by atoms with Crippen LogP contribution in [0.2, 0.25) is 0 Å². The molecule has 2 aromatic rings. The van der Waals surface area contributed by atoms with Crippen molar-refractivity contribution >= 4 is 17.0 Å². The number of hydrogen-bond acceptors (Lipinski definition) is 1. The van der Waals surface area contributed by atoms with Crippen molar-refractivity contribution in [2.45, 2.75) is 6.42 Å². The van der Waals surface area contributed by atoms with Crippen LogP contribution in [0.25, 0.3) is 17.0 Å². The summed E-state index contributed by atoms with van der Waals surface area (Å²) in [5, 5.41) is 1.26. The molecular weight excluding hydrogens is 172 g/mol. The molecule has 0 saturated heterocycles. The zero-order valence-corrected chi connectivity index (χ0v) is 8.09. The van der Waals surface area contributed by atoms with Crippen molar-refractivity contribution in [1.29, 1.82) is 0 Å². The van der Waals surface area contributed by atoms with E-state index in [2.05, 4.69) is 23.7 Å². The van der Waals surface area contributed by atoms with Gasteiger partial charge in [-0.3, -0.25) is 0 Å². The second kappa shape index (κ2) is 3.68. The van der Waals surface area contributed by atoms with Gasteiger partial charge < -0.3 is 10.7 Å². The minimum Gasteiger partial charge on any atom is -0.355 e. The highest BCUT2D eigenvalue weighted by molar-refractivity contribution is 5.87. The Labute approximate surface area is 83.4 Å². The molecule has 1 aromatic heterocycles. The molecule has 14 heavy (non-hydrogen) atoms. The topological polar surface area (TPSA) is 41.8 Å². The first-order chi connectivity index (χ1) is 6.86. The van der Waals surface area contributed by atoms with Crippen molar-refractivity contribution < 1.29 is 0 Å². The van der Waals surface area contributed by atoms with Crippen LogP contribution < -0.4 is 5.73 Å². The summed E-state index contributed by atoms with van der Waals surface area (Å²) in [5.41, 5.74) is 9.11. The van der Waals surface area contributed by atoms with Gasteiger partial charge in [-0.25, -0.2) is 0 Å². The molecule has 2 heteroatoms. The van der Waals surface area contributed by atoms with Gasteiger partial charge in [0.05, 0.1) is 0 Å². The normalized spacial score (nSPS) is 10.6. The fourth-order valence-electron chi connectivity index (χ4n) is 1.81. The number of aromatic nitrogens is 1. The first-order valence-corrected chi connectivity index (χ1v) is 4.79. The third-order valence-corrected chi connectivity index (χ3v) is 2.45. The Morgan fingerprint density at radius 3 is 2.86 bits per heavy atom. The molecule has 0 fully saturated rings. The molecule has 0 spiro atoms. The molecule has 0 unspecified atom stereocenters. The van der Waals surface area contributed by atoms with Crippen LogP contribution >= 0.6 is 0 Å². The van der Waals surface area contributed by atoms with Crippen LogP contribution in [0.1, 0.15) is 11.3 Å². The molecule has 1 aromatic carbocycles. The highest BCUT2D eigenvalue weighted by atomic mass is 14.7. The zero-order valence-electron chi connectivity index (χ0n) is 8.09. The predicted molar refractivity (Wildman–Crippen MR) is 61.1 cm³/mol. The summed E-state index contributed by atoms with van der Waals surface area (Å²) < 4.78 is 0. The number of H-pyrrole nitrogens is 1. The van der Waals surface area contributed by atoms with Crippen LogP contribution in [0.3, 0.4) is 0 Å². The summed E-state index contributed by atoms with van der Waals surface area (Å²) in [7, 11) is 0. The number of benzene rings is 1. The van der Waals surface area contributed by atoms with E-state index < -0.39 is 0 Å². The largest absolute Gasteiger partial charge is 0.355 e. The lowest BCUT2D eigenvalue weighted by atomic mass is 10.1. The van der Waals surface area contributed by atoms with Gasteiger partial charge in [-0.2, -0.15) is 0 Å². The van der Waals surface area contributed by atoms with Crippen LogP contribution in [0.15, 0.2) is 30.8 Å². The van der Waals surface area contributed by atoms with Gasteiger partial charge in [0.15, 0.2) is 0 Å². The SMILES string of the molecule is C=Cc1[nH]c2ccccc2c1CCN. The quantitative estimate of drug-likeness (QED) is 0.758. The summed E-state index contributed by atoms with van der Waals surface area (Å²) >= 11 is 0. The van der Waals surface area contributed by atoms with E-state index in [1.54, 1.807) is 0 Å². The lowest BCUT2D eigenvalue weighted by Gasteiger charge is -1.97. The van der Waals surface area contributed by atoms with Crippen LogP contribution in [0.4, 0.5) is 0 Å². The minimum absolute atomic E-state index is 0.669. The Kier molecular flexibility index (Phi) is 2.37. The van der Waals surface area contributed by atoms with Gasteiger partial charge >= 0.3 is 0 Å². The molecule has 2 nitrogen and oxygen atoms in total. The van der Waals surface area contributed by atoms with Gasteiger partial charge in [0.25, 0.3) is 0 Å². The smallest absolute Gasteiger partial charge is 0.0461 e. The van der Waals surface area contributed by atoms with E-state index in [0.717, 1.165) is 17.6 Å². The minimum atomic E-state index is 0.669. The molecular formula is C12H14N2. The van der Waals surface area contributed by atoms with Crippen molar-refractivity contribution in [2.75, 3.05) is 6.54 Å². The van der Waals surface area contributed by atoms with Crippen LogP contribution in [-0.2, 0) is 6.42 Å². The van der Waals surface area contributed by atoms with E-state index >= 15 is 0 Å². The van der Waals surface area contributed by atoms with E-state index in [0.29, 0.717) is 6.54 Å². The predicted octanol–water partition coefficient (Wildman–Crippen LogP) is 2.31. The van der Waals surface area contributed by atoms with Gasteiger partial charge in [-0.05, 0) is 30.7 Å². The standard InChI is InChI=1S/C12H14N2/c1-2-11-10(7-8-13)9-5-3-4-6-12(9)14-11/h2-6,14H,1,7-8,13H2. The number of aromatic amines is 1. The Hall–Kier alpha value is -1.54. The average molecular weight is 186 g/mol. The van der Waals surface area contributed by atoms with Crippen LogP contribution in [0, 0.1) is 0 Å².